The Balaban J connectivity index is 1.34. The summed E-state index contributed by atoms with van der Waals surface area (Å²) in [6, 6.07) is 4.69. The zero-order chi connectivity index (χ0) is 33.4. The monoisotopic (exact) mass is 638 g/mol. The minimum absolute atomic E-state index is 0.0334. The van der Waals surface area contributed by atoms with Gasteiger partial charge in [0.25, 0.3) is 0 Å². The third-order valence-electron chi connectivity index (χ3n) is 16.3. The lowest BCUT2D eigenvalue weighted by Gasteiger charge is -2.71. The van der Waals surface area contributed by atoms with Crippen molar-refractivity contribution in [2.75, 3.05) is 5.73 Å². The maximum Gasteiger partial charge on any atom is 0.310 e. The molecule has 2 aromatic heterocycles. The largest absolute Gasteiger partial charge is 0.481 e. The number of hydrogen-bond acceptors (Lipinski definition) is 4. The van der Waals surface area contributed by atoms with Crippen LogP contribution in [0.4, 0.5) is 5.82 Å². The van der Waals surface area contributed by atoms with E-state index in [4.69, 9.17) is 10.7 Å². The quantitative estimate of drug-likeness (QED) is 0.311. The van der Waals surface area contributed by atoms with Gasteiger partial charge in [-0.15, -0.1) is 0 Å². The lowest BCUT2D eigenvalue weighted by Crippen LogP contribution is -2.65. The van der Waals surface area contributed by atoms with Gasteiger partial charge in [-0.3, -0.25) is 14.9 Å². The van der Waals surface area contributed by atoms with Crippen LogP contribution < -0.4 is 5.73 Å². The summed E-state index contributed by atoms with van der Waals surface area (Å²) in [7, 11) is 0. The topological polar surface area (TPSA) is 105 Å². The Morgan fingerprint density at radius 2 is 1.66 bits per heavy atom. The molecule has 0 aromatic carbocycles. The van der Waals surface area contributed by atoms with E-state index in [2.05, 4.69) is 77.0 Å². The molecule has 4 N–H and O–H groups in total. The van der Waals surface area contributed by atoms with Crippen molar-refractivity contribution in [1.82, 2.24) is 15.2 Å². The van der Waals surface area contributed by atoms with E-state index in [1.807, 2.05) is 0 Å². The molecule has 3 unspecified atom stereocenters. The molecule has 0 saturated heterocycles. The normalized spacial score (nSPS) is 40.5. The van der Waals surface area contributed by atoms with Crippen LogP contribution in [0.5, 0.6) is 0 Å². The first-order valence-corrected chi connectivity index (χ1v) is 18.8. The molecule has 0 bridgehead atoms. The van der Waals surface area contributed by atoms with E-state index >= 15 is 0 Å². The molecular weight excluding hydrogens is 580 g/mol. The van der Waals surface area contributed by atoms with Gasteiger partial charge in [0.2, 0.25) is 0 Å². The molecule has 2 aromatic rings. The summed E-state index contributed by atoms with van der Waals surface area (Å²) >= 11 is 0. The van der Waals surface area contributed by atoms with Gasteiger partial charge in [0.05, 0.1) is 5.41 Å². The number of anilines is 1. The molecule has 6 aliphatic carbocycles. The smallest absolute Gasteiger partial charge is 0.310 e. The van der Waals surface area contributed by atoms with Crippen LogP contribution in [0.2, 0.25) is 0 Å². The number of aliphatic carboxylic acids is 1. The fourth-order valence-corrected chi connectivity index (χ4v) is 13.5. The third kappa shape index (κ3) is 4.11. The van der Waals surface area contributed by atoms with Crippen LogP contribution in [-0.4, -0.2) is 26.3 Å². The summed E-state index contributed by atoms with van der Waals surface area (Å²) in [6.45, 7) is 17.3. The maximum absolute atomic E-state index is 13.5. The van der Waals surface area contributed by atoms with Crippen LogP contribution in [-0.2, 0) is 16.6 Å². The first kappa shape index (κ1) is 31.6. The van der Waals surface area contributed by atoms with E-state index in [9.17, 15) is 9.90 Å². The number of aromatic amines is 1. The molecule has 0 radical (unpaired) electrons. The van der Waals surface area contributed by atoms with Crippen LogP contribution in [0.25, 0.3) is 5.57 Å². The molecule has 8 rings (SSSR count). The number of nitrogen functional groups attached to an aromatic ring is 1. The van der Waals surface area contributed by atoms with Crippen molar-refractivity contribution >= 4 is 17.4 Å². The van der Waals surface area contributed by atoms with Crippen molar-refractivity contribution in [3.8, 4) is 0 Å². The van der Waals surface area contributed by atoms with Gasteiger partial charge in [0, 0.05) is 34.5 Å². The zero-order valence-electron chi connectivity index (χ0n) is 30.1. The predicted octanol–water partition coefficient (Wildman–Crippen LogP) is 9.47. The molecule has 254 valence electrons. The number of carboxylic acids is 1. The number of nitrogens with two attached hydrogens (primary N) is 1. The summed E-state index contributed by atoms with van der Waals surface area (Å²) < 4.78 is 0. The Morgan fingerprint density at radius 3 is 2.34 bits per heavy atom. The molecule has 6 aliphatic rings. The second-order valence-electron chi connectivity index (χ2n) is 19.2. The molecule has 0 amide bonds. The number of carbonyl (C=O) groups is 1. The van der Waals surface area contributed by atoms with Crippen LogP contribution in [0, 0.1) is 44.8 Å². The van der Waals surface area contributed by atoms with Crippen molar-refractivity contribution in [3.05, 3.63) is 46.4 Å². The fourth-order valence-electron chi connectivity index (χ4n) is 13.5. The molecule has 6 nitrogen and oxygen atoms in total. The standard InChI is InChI=1S/C41H58N4O2/c1-36(2)16-18-41(35(46)47)19-17-40(7)32(28(41)22-36)26(25-12-13-29(43-23-25)24-10-8-9-11-24)20-31-38(5)21-27-33(44-45-34(27)42)37(3,4)30(38)14-15-39(31,40)6/h12-13,23-24,28,30-31H,8-11,14-22H2,1-7H3,(H,46,47)(H3,42,44,45)/t28?,30?,31?,38-,39+,40+,41-/m0/s1. The Morgan fingerprint density at radius 1 is 0.936 bits per heavy atom. The van der Waals surface area contributed by atoms with Gasteiger partial charge in [-0.05, 0) is 127 Å². The summed E-state index contributed by atoms with van der Waals surface area (Å²) in [5.41, 5.74) is 13.9. The minimum Gasteiger partial charge on any atom is -0.481 e. The van der Waals surface area contributed by atoms with E-state index in [0.717, 1.165) is 44.9 Å². The number of hydrogen-bond donors (Lipinski definition) is 3. The summed E-state index contributed by atoms with van der Waals surface area (Å²) in [6.07, 6.45) is 16.0. The Bertz CT molecular complexity index is 1650. The number of aromatic nitrogens is 3. The van der Waals surface area contributed by atoms with Crippen LogP contribution in [0.1, 0.15) is 154 Å². The summed E-state index contributed by atoms with van der Waals surface area (Å²) in [4.78, 5) is 18.7. The van der Waals surface area contributed by atoms with Gasteiger partial charge in [0.1, 0.15) is 5.82 Å². The molecule has 2 heterocycles. The van der Waals surface area contributed by atoms with Crippen molar-refractivity contribution in [2.45, 2.75) is 143 Å². The van der Waals surface area contributed by atoms with Gasteiger partial charge in [0.15, 0.2) is 0 Å². The molecule has 47 heavy (non-hydrogen) atoms. The first-order chi connectivity index (χ1) is 22.1. The highest BCUT2D eigenvalue weighted by molar-refractivity contribution is 5.80. The van der Waals surface area contributed by atoms with Gasteiger partial charge < -0.3 is 10.8 Å². The van der Waals surface area contributed by atoms with E-state index in [0.29, 0.717) is 23.6 Å². The Kier molecular flexibility index (Phi) is 6.71. The average Bonchev–Trinajstić information content (AvgIpc) is 3.68. The van der Waals surface area contributed by atoms with Crippen molar-refractivity contribution in [3.63, 3.8) is 0 Å². The third-order valence-corrected chi connectivity index (χ3v) is 16.3. The number of fused-ring (bicyclic) bond motifs is 8. The molecule has 0 spiro atoms. The van der Waals surface area contributed by atoms with Crippen LogP contribution >= 0.6 is 0 Å². The fraction of sp³-hybridized carbons (Fsp3) is 0.732. The number of nitrogens with one attached hydrogen (secondary N) is 1. The Labute approximate surface area is 282 Å². The lowest BCUT2D eigenvalue weighted by molar-refractivity contribution is -0.175. The highest BCUT2D eigenvalue weighted by Gasteiger charge is 2.70. The molecule has 7 atom stereocenters. The summed E-state index contributed by atoms with van der Waals surface area (Å²) in [5, 5.41) is 19.0. The van der Waals surface area contributed by atoms with E-state index in [1.54, 1.807) is 0 Å². The van der Waals surface area contributed by atoms with Crippen LogP contribution in [0.15, 0.2) is 23.9 Å². The van der Waals surface area contributed by atoms with Crippen molar-refractivity contribution < 1.29 is 9.90 Å². The Hall–Kier alpha value is -2.63. The molecule has 4 saturated carbocycles. The SMILES string of the molecule is CC1(C)CC[C@]2(C(=O)O)CC[C@]3(C)C(=C(c4ccc(C5CCCC5)nc4)CC4[C@@]5(C)Cc6c(N)n[nH]c6C(C)(C)C5CC[C@]43C)C2C1. The molecule has 6 heteroatoms. The minimum atomic E-state index is -0.676. The highest BCUT2D eigenvalue weighted by Crippen LogP contribution is 2.77. The number of pyridine rings is 1. The van der Waals surface area contributed by atoms with E-state index in [-0.39, 0.29) is 33.0 Å². The van der Waals surface area contributed by atoms with Gasteiger partial charge in [-0.2, -0.15) is 5.10 Å². The second kappa shape index (κ2) is 9.97. The maximum atomic E-state index is 13.5. The van der Waals surface area contributed by atoms with Gasteiger partial charge in [-0.1, -0.05) is 72.9 Å². The highest BCUT2D eigenvalue weighted by atomic mass is 16.4. The molecule has 4 fully saturated rings. The van der Waals surface area contributed by atoms with Gasteiger partial charge >= 0.3 is 5.97 Å². The lowest BCUT2D eigenvalue weighted by atomic mass is 9.33. The van der Waals surface area contributed by atoms with Crippen molar-refractivity contribution in [1.29, 1.82) is 0 Å². The van der Waals surface area contributed by atoms with E-state index < -0.39 is 11.4 Å². The first-order valence-electron chi connectivity index (χ1n) is 18.8. The number of allylic oxidation sites excluding steroid dienone is 2. The second-order valence-corrected chi connectivity index (χ2v) is 19.2. The number of H-pyrrole nitrogens is 1. The zero-order valence-corrected chi connectivity index (χ0v) is 30.1. The molecular formula is C41H58N4O2. The van der Waals surface area contributed by atoms with Gasteiger partial charge in [-0.25, -0.2) is 0 Å². The number of rotatable bonds is 3. The summed E-state index contributed by atoms with van der Waals surface area (Å²) in [5.74, 6) is 1.66. The number of nitrogens with zero attached hydrogens (tertiary/aromatic N) is 2. The van der Waals surface area contributed by atoms with Crippen LogP contribution in [0.3, 0.4) is 0 Å². The number of carboxylic acid groups (broad SMARTS) is 1. The average molecular weight is 639 g/mol. The van der Waals surface area contributed by atoms with Crippen molar-refractivity contribution in [2.24, 2.45) is 44.8 Å². The predicted molar refractivity (Wildman–Crippen MR) is 188 cm³/mol. The molecule has 0 aliphatic heterocycles. The van der Waals surface area contributed by atoms with E-state index in [1.165, 1.54) is 72.2 Å².